The number of fused-ring (bicyclic) bond motifs is 5. The van der Waals surface area contributed by atoms with Crippen molar-refractivity contribution in [2.45, 2.75) is 19.6 Å². The highest BCUT2D eigenvalue weighted by atomic mass is 16.5. The topological polar surface area (TPSA) is 32.8 Å². The van der Waals surface area contributed by atoms with Gasteiger partial charge in [-0.2, -0.15) is 0 Å². The number of rotatable bonds is 2. The van der Waals surface area contributed by atoms with Gasteiger partial charge in [-0.1, -0.05) is 60.7 Å². The first kappa shape index (κ1) is 16.6. The van der Waals surface area contributed by atoms with Crippen molar-refractivity contribution in [2.24, 2.45) is 0 Å². The molecule has 0 bridgehead atoms. The fourth-order valence-corrected chi connectivity index (χ4v) is 4.04. The Balaban J connectivity index is 1.73. The first-order valence-electron chi connectivity index (χ1n) is 9.39. The van der Waals surface area contributed by atoms with Crippen LogP contribution in [-0.2, 0) is 6.54 Å². The van der Waals surface area contributed by atoms with E-state index in [2.05, 4.69) is 17.0 Å². The molecule has 138 valence electrons. The van der Waals surface area contributed by atoms with Crippen molar-refractivity contribution >= 4 is 11.6 Å². The fourth-order valence-electron chi connectivity index (χ4n) is 4.04. The summed E-state index contributed by atoms with van der Waals surface area (Å²) >= 11 is 0. The fraction of sp³-hybridized carbons (Fsp3) is 0.125. The van der Waals surface area contributed by atoms with Gasteiger partial charge >= 0.3 is 0 Å². The molecule has 4 heteroatoms. The molecule has 1 atom stereocenters. The summed E-state index contributed by atoms with van der Waals surface area (Å²) in [6.45, 7) is 2.54. The van der Waals surface area contributed by atoms with Crippen molar-refractivity contribution in [2.75, 3.05) is 4.90 Å². The average molecular weight is 368 g/mol. The smallest absolute Gasteiger partial charge is 0.258 e. The van der Waals surface area contributed by atoms with Crippen molar-refractivity contribution in [3.8, 4) is 5.75 Å². The molecule has 3 aromatic carbocycles. The molecule has 2 heterocycles. The van der Waals surface area contributed by atoms with Gasteiger partial charge < -0.3 is 14.5 Å². The summed E-state index contributed by atoms with van der Waals surface area (Å²) in [5.41, 5.74) is 4.66. The summed E-state index contributed by atoms with van der Waals surface area (Å²) in [6.07, 6.45) is 1.50. The van der Waals surface area contributed by atoms with Gasteiger partial charge in [0, 0.05) is 12.1 Å². The van der Waals surface area contributed by atoms with Gasteiger partial charge in [0.05, 0.1) is 16.9 Å². The lowest BCUT2D eigenvalue weighted by Crippen LogP contribution is -2.48. The number of hydrogen-bond donors (Lipinski definition) is 0. The second kappa shape index (κ2) is 6.57. The van der Waals surface area contributed by atoms with E-state index in [4.69, 9.17) is 4.74 Å². The Hall–Kier alpha value is -3.53. The number of anilines is 1. The van der Waals surface area contributed by atoms with E-state index >= 15 is 0 Å². The molecular weight excluding hydrogens is 348 g/mol. The molecule has 2 aliphatic rings. The molecule has 0 N–H and O–H groups in total. The number of carbonyl (C=O) groups excluding carboxylic acids is 1. The summed E-state index contributed by atoms with van der Waals surface area (Å²) < 4.78 is 5.96. The molecule has 5 rings (SSSR count). The van der Waals surface area contributed by atoms with E-state index in [1.54, 1.807) is 6.26 Å². The van der Waals surface area contributed by atoms with Crippen LogP contribution in [0.3, 0.4) is 0 Å². The van der Waals surface area contributed by atoms with Gasteiger partial charge in [-0.05, 0) is 30.7 Å². The van der Waals surface area contributed by atoms with E-state index < -0.39 is 0 Å². The minimum absolute atomic E-state index is 0.0326. The maximum Gasteiger partial charge on any atom is 0.258 e. The standard InChI is InChI=1S/C24H20N2O2/c1-17-16-28-22-14-8-6-12-20(22)23-25(15-18-9-3-2-4-10-18)24(27)19-11-5-7-13-21(19)26(17)23/h2-14,16,23H,15H2,1H3. The van der Waals surface area contributed by atoms with Crippen molar-refractivity contribution in [1.82, 2.24) is 4.90 Å². The van der Waals surface area contributed by atoms with Crippen molar-refractivity contribution in [1.29, 1.82) is 0 Å². The van der Waals surface area contributed by atoms with E-state index in [1.165, 1.54) is 0 Å². The quantitative estimate of drug-likeness (QED) is 0.631. The molecule has 1 unspecified atom stereocenters. The molecule has 0 radical (unpaired) electrons. The Bertz CT molecular complexity index is 1070. The van der Waals surface area contributed by atoms with Crippen LogP contribution in [0.4, 0.5) is 5.69 Å². The molecule has 4 nitrogen and oxygen atoms in total. The second-order valence-electron chi connectivity index (χ2n) is 7.09. The third-order valence-corrected chi connectivity index (χ3v) is 5.32. The zero-order valence-corrected chi connectivity index (χ0v) is 15.6. The van der Waals surface area contributed by atoms with Crippen LogP contribution in [0.5, 0.6) is 5.75 Å². The Morgan fingerprint density at radius 2 is 1.61 bits per heavy atom. The Kier molecular flexibility index (Phi) is 3.90. The van der Waals surface area contributed by atoms with E-state index in [1.807, 2.05) is 78.6 Å². The number of nitrogens with zero attached hydrogens (tertiary/aromatic N) is 2. The van der Waals surface area contributed by atoms with Crippen molar-refractivity contribution in [3.05, 3.63) is 108 Å². The molecule has 0 aliphatic carbocycles. The second-order valence-corrected chi connectivity index (χ2v) is 7.09. The number of allylic oxidation sites excluding steroid dienone is 1. The highest BCUT2D eigenvalue weighted by Crippen LogP contribution is 2.45. The number of amides is 1. The van der Waals surface area contributed by atoms with Crippen LogP contribution in [-0.4, -0.2) is 10.8 Å². The van der Waals surface area contributed by atoms with Gasteiger partial charge in [-0.3, -0.25) is 4.79 Å². The lowest BCUT2D eigenvalue weighted by atomic mass is 9.99. The molecule has 1 amide bonds. The summed E-state index contributed by atoms with van der Waals surface area (Å²) in [5, 5.41) is 0. The first-order chi connectivity index (χ1) is 13.7. The largest absolute Gasteiger partial charge is 0.463 e. The summed E-state index contributed by atoms with van der Waals surface area (Å²) in [7, 11) is 0. The van der Waals surface area contributed by atoms with Gasteiger partial charge in [0.25, 0.3) is 5.91 Å². The van der Waals surface area contributed by atoms with Gasteiger partial charge in [-0.25, -0.2) is 0 Å². The summed E-state index contributed by atoms with van der Waals surface area (Å²) in [4.78, 5) is 17.7. The molecule has 0 spiro atoms. The lowest BCUT2D eigenvalue weighted by Gasteiger charge is -2.45. The maximum atomic E-state index is 13.5. The van der Waals surface area contributed by atoms with E-state index in [0.29, 0.717) is 12.1 Å². The Morgan fingerprint density at radius 1 is 0.893 bits per heavy atom. The highest BCUT2D eigenvalue weighted by molar-refractivity contribution is 6.02. The van der Waals surface area contributed by atoms with E-state index in [0.717, 1.165) is 28.3 Å². The molecule has 0 aromatic heterocycles. The Labute approximate surface area is 164 Å². The SMILES string of the molecule is CC1=COc2ccccc2C2N(Cc3ccccc3)C(=O)c3ccccc3N12. The van der Waals surface area contributed by atoms with Crippen LogP contribution in [0.25, 0.3) is 0 Å². The minimum atomic E-state index is -0.266. The summed E-state index contributed by atoms with van der Waals surface area (Å²) in [5.74, 6) is 0.810. The van der Waals surface area contributed by atoms with Crippen molar-refractivity contribution in [3.63, 3.8) is 0 Å². The third kappa shape index (κ3) is 2.57. The lowest BCUT2D eigenvalue weighted by molar-refractivity contribution is 0.0638. The van der Waals surface area contributed by atoms with E-state index in [9.17, 15) is 4.79 Å². The zero-order chi connectivity index (χ0) is 19.1. The van der Waals surface area contributed by atoms with E-state index in [-0.39, 0.29) is 12.1 Å². The Morgan fingerprint density at radius 3 is 2.46 bits per heavy atom. The van der Waals surface area contributed by atoms with Gasteiger partial charge in [0.15, 0.2) is 0 Å². The number of para-hydroxylation sites is 2. The molecule has 28 heavy (non-hydrogen) atoms. The van der Waals surface area contributed by atoms with Gasteiger partial charge in [0.2, 0.25) is 0 Å². The normalized spacial score (nSPS) is 17.7. The van der Waals surface area contributed by atoms with Crippen LogP contribution in [0.1, 0.15) is 34.6 Å². The minimum Gasteiger partial charge on any atom is -0.463 e. The predicted molar refractivity (Wildman–Crippen MR) is 109 cm³/mol. The van der Waals surface area contributed by atoms with Crippen molar-refractivity contribution < 1.29 is 9.53 Å². The molecule has 3 aromatic rings. The van der Waals surface area contributed by atoms with Crippen LogP contribution in [0.15, 0.2) is 90.8 Å². The van der Waals surface area contributed by atoms with Crippen LogP contribution >= 0.6 is 0 Å². The van der Waals surface area contributed by atoms with Crippen LogP contribution < -0.4 is 9.64 Å². The molecule has 2 aliphatic heterocycles. The monoisotopic (exact) mass is 368 g/mol. The molecule has 0 saturated carbocycles. The number of carbonyl (C=O) groups is 1. The summed E-state index contributed by atoms with van der Waals surface area (Å²) in [6, 6.07) is 25.8. The average Bonchev–Trinajstić information content (AvgIpc) is 2.89. The van der Waals surface area contributed by atoms with Gasteiger partial charge in [-0.15, -0.1) is 0 Å². The maximum absolute atomic E-state index is 13.5. The molecule has 0 saturated heterocycles. The highest BCUT2D eigenvalue weighted by Gasteiger charge is 2.41. The third-order valence-electron chi connectivity index (χ3n) is 5.32. The number of ether oxygens (including phenoxy) is 1. The first-order valence-corrected chi connectivity index (χ1v) is 9.39. The molecule has 0 fully saturated rings. The number of benzene rings is 3. The number of hydrogen-bond acceptors (Lipinski definition) is 3. The van der Waals surface area contributed by atoms with Crippen LogP contribution in [0, 0.1) is 0 Å². The van der Waals surface area contributed by atoms with Crippen LogP contribution in [0.2, 0.25) is 0 Å². The molecular formula is C24H20N2O2. The van der Waals surface area contributed by atoms with Gasteiger partial charge in [0.1, 0.15) is 18.2 Å². The predicted octanol–water partition coefficient (Wildman–Crippen LogP) is 5.10. The zero-order valence-electron chi connectivity index (χ0n) is 15.6.